The van der Waals surface area contributed by atoms with E-state index in [1.807, 2.05) is 12.1 Å². The minimum Gasteiger partial charge on any atom is -0.497 e. The largest absolute Gasteiger partial charge is 0.497 e. The van der Waals surface area contributed by atoms with Crippen LogP contribution in [0.3, 0.4) is 0 Å². The van der Waals surface area contributed by atoms with Gasteiger partial charge in [0.2, 0.25) is 0 Å². The second-order valence-electron chi connectivity index (χ2n) is 5.59. The summed E-state index contributed by atoms with van der Waals surface area (Å²) in [7, 11) is 1.70. The normalized spacial score (nSPS) is 10.6. The topological polar surface area (TPSA) is 9.23 Å². The minimum atomic E-state index is 0.905. The molecule has 0 fully saturated rings. The Hall–Kier alpha value is -1.76. The second kappa shape index (κ2) is 8.51. The van der Waals surface area contributed by atoms with Crippen molar-refractivity contribution in [2.45, 2.75) is 45.4 Å². The third-order valence-corrected chi connectivity index (χ3v) is 3.95. The first-order valence-corrected chi connectivity index (χ1v) is 8.07. The predicted octanol–water partition coefficient (Wildman–Crippen LogP) is 5.88. The summed E-state index contributed by atoms with van der Waals surface area (Å²) < 4.78 is 5.20. The Labute approximate surface area is 129 Å². The van der Waals surface area contributed by atoms with Crippen molar-refractivity contribution < 1.29 is 4.74 Å². The highest BCUT2D eigenvalue weighted by Crippen LogP contribution is 2.23. The third-order valence-electron chi connectivity index (χ3n) is 3.95. The molecule has 0 atom stereocenters. The van der Waals surface area contributed by atoms with E-state index in [9.17, 15) is 0 Å². The average molecular weight is 282 g/mol. The van der Waals surface area contributed by atoms with Gasteiger partial charge in [0.15, 0.2) is 0 Å². The van der Waals surface area contributed by atoms with Gasteiger partial charge in [-0.15, -0.1) is 0 Å². The highest BCUT2D eigenvalue weighted by Gasteiger charge is 1.99. The van der Waals surface area contributed by atoms with Crippen molar-refractivity contribution in [3.05, 3.63) is 54.1 Å². The van der Waals surface area contributed by atoms with Gasteiger partial charge in [-0.1, -0.05) is 69.0 Å². The monoisotopic (exact) mass is 282 g/mol. The van der Waals surface area contributed by atoms with Gasteiger partial charge in [0.1, 0.15) is 5.75 Å². The van der Waals surface area contributed by atoms with Crippen LogP contribution >= 0.6 is 0 Å². The molecule has 0 saturated heterocycles. The summed E-state index contributed by atoms with van der Waals surface area (Å²) in [6, 6.07) is 17.2. The predicted molar refractivity (Wildman–Crippen MR) is 90.9 cm³/mol. The summed E-state index contributed by atoms with van der Waals surface area (Å²) in [5, 5.41) is 0. The van der Waals surface area contributed by atoms with Gasteiger partial charge < -0.3 is 4.74 Å². The van der Waals surface area contributed by atoms with Crippen LogP contribution in [0.5, 0.6) is 5.75 Å². The number of aryl methyl sites for hydroxylation is 1. The molecule has 1 nitrogen and oxygen atoms in total. The van der Waals surface area contributed by atoms with Gasteiger partial charge in [0.05, 0.1) is 7.11 Å². The zero-order valence-electron chi connectivity index (χ0n) is 13.3. The lowest BCUT2D eigenvalue weighted by Crippen LogP contribution is -1.87. The molecule has 0 radical (unpaired) electrons. The Morgan fingerprint density at radius 1 is 0.714 bits per heavy atom. The summed E-state index contributed by atoms with van der Waals surface area (Å²) in [6.45, 7) is 2.26. The summed E-state index contributed by atoms with van der Waals surface area (Å²) >= 11 is 0. The van der Waals surface area contributed by atoms with Crippen LogP contribution in [0.1, 0.15) is 44.6 Å². The highest BCUT2D eigenvalue weighted by molar-refractivity contribution is 5.64. The molecule has 0 aromatic heterocycles. The quantitative estimate of drug-likeness (QED) is 0.550. The fourth-order valence-corrected chi connectivity index (χ4v) is 2.58. The van der Waals surface area contributed by atoms with Crippen LogP contribution in [0.15, 0.2) is 48.5 Å². The summed E-state index contributed by atoms with van der Waals surface area (Å²) in [5.74, 6) is 0.905. The number of unbranched alkanes of at least 4 members (excludes halogenated alkanes) is 4. The van der Waals surface area contributed by atoms with Crippen LogP contribution in [0.25, 0.3) is 11.1 Å². The molecule has 2 rings (SSSR count). The van der Waals surface area contributed by atoms with Crippen molar-refractivity contribution in [3.63, 3.8) is 0 Å². The van der Waals surface area contributed by atoms with E-state index >= 15 is 0 Å². The van der Waals surface area contributed by atoms with E-state index in [-0.39, 0.29) is 0 Å². The van der Waals surface area contributed by atoms with Gasteiger partial charge >= 0.3 is 0 Å². The fourth-order valence-electron chi connectivity index (χ4n) is 2.58. The number of methoxy groups -OCH3 is 1. The molecule has 0 amide bonds. The molecule has 112 valence electrons. The highest BCUT2D eigenvalue weighted by atomic mass is 16.5. The zero-order chi connectivity index (χ0) is 14.9. The van der Waals surface area contributed by atoms with E-state index in [0.29, 0.717) is 0 Å². The maximum atomic E-state index is 5.20. The number of benzene rings is 2. The lowest BCUT2D eigenvalue weighted by molar-refractivity contribution is 0.415. The number of ether oxygens (including phenoxy) is 1. The fraction of sp³-hybridized carbons (Fsp3) is 0.400. The standard InChI is InChI=1S/C20H26O/c1-3-4-5-6-7-8-17-9-11-18(12-10-17)19-13-15-20(21-2)16-14-19/h9-16H,3-8H2,1-2H3. The van der Waals surface area contributed by atoms with Crippen molar-refractivity contribution in [1.82, 2.24) is 0 Å². The molecule has 2 aromatic carbocycles. The van der Waals surface area contributed by atoms with Gasteiger partial charge in [-0.3, -0.25) is 0 Å². The molecule has 1 heteroatoms. The Morgan fingerprint density at radius 3 is 1.86 bits per heavy atom. The van der Waals surface area contributed by atoms with Crippen molar-refractivity contribution in [2.75, 3.05) is 7.11 Å². The van der Waals surface area contributed by atoms with E-state index in [2.05, 4.69) is 43.3 Å². The number of rotatable bonds is 8. The first-order chi connectivity index (χ1) is 10.3. The van der Waals surface area contributed by atoms with Gasteiger partial charge in [0, 0.05) is 0 Å². The van der Waals surface area contributed by atoms with Crippen molar-refractivity contribution in [1.29, 1.82) is 0 Å². The van der Waals surface area contributed by atoms with E-state index in [0.717, 1.165) is 5.75 Å². The summed E-state index contributed by atoms with van der Waals surface area (Å²) in [5.41, 5.74) is 3.96. The van der Waals surface area contributed by atoms with Crippen LogP contribution < -0.4 is 4.74 Å². The van der Waals surface area contributed by atoms with E-state index in [1.165, 1.54) is 55.2 Å². The average Bonchev–Trinajstić information content (AvgIpc) is 2.55. The lowest BCUT2D eigenvalue weighted by atomic mass is 10.0. The molecule has 0 aliphatic rings. The molecule has 0 bridgehead atoms. The molecular weight excluding hydrogens is 256 g/mol. The molecular formula is C20H26O. The SMILES string of the molecule is CCCCCCCc1ccc(-c2ccc(OC)cc2)cc1. The molecule has 0 aliphatic carbocycles. The second-order valence-corrected chi connectivity index (χ2v) is 5.59. The Balaban J connectivity index is 1.88. The van der Waals surface area contributed by atoms with Gasteiger partial charge in [0.25, 0.3) is 0 Å². The lowest BCUT2D eigenvalue weighted by Gasteiger charge is -2.06. The van der Waals surface area contributed by atoms with Crippen molar-refractivity contribution in [3.8, 4) is 16.9 Å². The molecule has 0 N–H and O–H groups in total. The number of hydrogen-bond donors (Lipinski definition) is 0. The maximum Gasteiger partial charge on any atom is 0.118 e. The van der Waals surface area contributed by atoms with E-state index in [1.54, 1.807) is 7.11 Å². The molecule has 0 unspecified atom stereocenters. The Bertz CT molecular complexity index is 511. The van der Waals surface area contributed by atoms with Crippen molar-refractivity contribution >= 4 is 0 Å². The summed E-state index contributed by atoms with van der Waals surface area (Å²) in [4.78, 5) is 0. The molecule has 0 aliphatic heterocycles. The van der Waals surface area contributed by atoms with Crippen LogP contribution in [-0.4, -0.2) is 7.11 Å². The van der Waals surface area contributed by atoms with E-state index < -0.39 is 0 Å². The van der Waals surface area contributed by atoms with Crippen LogP contribution in [0.4, 0.5) is 0 Å². The van der Waals surface area contributed by atoms with E-state index in [4.69, 9.17) is 4.74 Å². The molecule has 2 aromatic rings. The van der Waals surface area contributed by atoms with Crippen molar-refractivity contribution in [2.24, 2.45) is 0 Å². The maximum absolute atomic E-state index is 5.20. The zero-order valence-corrected chi connectivity index (χ0v) is 13.3. The summed E-state index contributed by atoms with van der Waals surface area (Å²) in [6.07, 6.45) is 7.93. The molecule has 0 saturated carbocycles. The Morgan fingerprint density at radius 2 is 1.29 bits per heavy atom. The van der Waals surface area contributed by atoms with Crippen LogP contribution in [-0.2, 0) is 6.42 Å². The van der Waals surface area contributed by atoms with Gasteiger partial charge in [-0.25, -0.2) is 0 Å². The third kappa shape index (κ3) is 4.93. The molecule has 0 spiro atoms. The van der Waals surface area contributed by atoms with Gasteiger partial charge in [-0.05, 0) is 41.7 Å². The molecule has 0 heterocycles. The van der Waals surface area contributed by atoms with Gasteiger partial charge in [-0.2, -0.15) is 0 Å². The minimum absolute atomic E-state index is 0.905. The van der Waals surface area contributed by atoms with Crippen LogP contribution in [0, 0.1) is 0 Å². The van der Waals surface area contributed by atoms with Crippen LogP contribution in [0.2, 0.25) is 0 Å². The first kappa shape index (κ1) is 15.6. The Kier molecular flexibility index (Phi) is 6.33. The smallest absolute Gasteiger partial charge is 0.118 e. The first-order valence-electron chi connectivity index (χ1n) is 8.07. The molecule has 21 heavy (non-hydrogen) atoms. The number of hydrogen-bond acceptors (Lipinski definition) is 1.